The van der Waals surface area contributed by atoms with E-state index in [4.69, 9.17) is 10.7 Å². The van der Waals surface area contributed by atoms with Crippen LogP contribution in [0, 0.1) is 0 Å². The Bertz CT molecular complexity index is 802. The van der Waals surface area contributed by atoms with Gasteiger partial charge in [-0.15, -0.1) is 11.3 Å². The fourth-order valence-corrected chi connectivity index (χ4v) is 4.06. The van der Waals surface area contributed by atoms with Crippen molar-refractivity contribution >= 4 is 22.8 Å². The minimum absolute atomic E-state index is 0.500. The van der Waals surface area contributed by atoms with Gasteiger partial charge in [0, 0.05) is 30.2 Å². The highest BCUT2D eigenvalue weighted by molar-refractivity contribution is 7.11. The third-order valence-corrected chi connectivity index (χ3v) is 5.32. The molecule has 4 rings (SSSR count). The fourth-order valence-electron chi connectivity index (χ4n) is 2.90. The molecule has 0 saturated carbocycles. The predicted octanol–water partition coefficient (Wildman–Crippen LogP) is 2.23. The van der Waals surface area contributed by atoms with Gasteiger partial charge < -0.3 is 11.1 Å². The van der Waals surface area contributed by atoms with Crippen LogP contribution in [0.4, 0.5) is 11.5 Å². The van der Waals surface area contributed by atoms with Crippen molar-refractivity contribution in [2.24, 2.45) is 0 Å². The zero-order valence-corrected chi connectivity index (χ0v) is 14.1. The molecule has 3 aromatic rings. The Morgan fingerprint density at radius 3 is 3.00 bits per heavy atom. The Labute approximate surface area is 144 Å². The average molecular weight is 341 g/mol. The molecule has 0 aliphatic heterocycles. The van der Waals surface area contributed by atoms with E-state index >= 15 is 0 Å². The van der Waals surface area contributed by atoms with Crippen LogP contribution in [0.2, 0.25) is 0 Å². The Morgan fingerprint density at radius 1 is 1.25 bits per heavy atom. The topological polar surface area (TPSA) is 94.5 Å². The van der Waals surface area contributed by atoms with E-state index in [-0.39, 0.29) is 0 Å². The second kappa shape index (κ2) is 6.56. The van der Waals surface area contributed by atoms with E-state index in [1.54, 1.807) is 10.9 Å². The summed E-state index contributed by atoms with van der Waals surface area (Å²) in [6.45, 7) is 0.742. The van der Waals surface area contributed by atoms with Crippen LogP contribution in [-0.4, -0.2) is 31.3 Å². The molecule has 124 valence electrons. The third kappa shape index (κ3) is 2.96. The lowest BCUT2D eigenvalue weighted by molar-refractivity contribution is 0.680. The molecule has 3 heterocycles. The van der Waals surface area contributed by atoms with Gasteiger partial charge in [-0.05, 0) is 31.7 Å². The first-order valence-electron chi connectivity index (χ1n) is 8.13. The second-order valence-corrected chi connectivity index (χ2v) is 6.94. The van der Waals surface area contributed by atoms with Gasteiger partial charge in [0.25, 0.3) is 0 Å². The number of rotatable bonds is 5. The molecule has 24 heavy (non-hydrogen) atoms. The number of aryl methyl sites for hydroxylation is 2. The van der Waals surface area contributed by atoms with Crippen molar-refractivity contribution < 1.29 is 0 Å². The number of aromatic nitrogens is 5. The summed E-state index contributed by atoms with van der Waals surface area (Å²) in [6.07, 6.45) is 10.7. The number of nitrogens with two attached hydrogens (primary N) is 1. The minimum Gasteiger partial charge on any atom is -0.393 e. The van der Waals surface area contributed by atoms with Crippen molar-refractivity contribution in [2.75, 3.05) is 17.6 Å². The van der Waals surface area contributed by atoms with Crippen LogP contribution in [-0.2, 0) is 19.3 Å². The lowest BCUT2D eigenvalue weighted by Gasteiger charge is -2.10. The summed E-state index contributed by atoms with van der Waals surface area (Å²) in [5.74, 6) is 1.22. The van der Waals surface area contributed by atoms with Crippen molar-refractivity contribution in [3.05, 3.63) is 40.4 Å². The number of nitrogen functional groups attached to an aromatic ring is 1. The molecule has 0 amide bonds. The van der Waals surface area contributed by atoms with Crippen molar-refractivity contribution in [1.29, 1.82) is 0 Å². The van der Waals surface area contributed by atoms with Gasteiger partial charge in [-0.3, -0.25) is 0 Å². The Kier molecular flexibility index (Phi) is 4.12. The zero-order chi connectivity index (χ0) is 16.4. The maximum absolute atomic E-state index is 6.17. The standard InChI is InChI=1S/C16H19N7S/c17-14-15(19-10-20-16(14)23-9-3-7-21-23)18-8-6-13-22-11-4-1-2-5-12(11)24-13/h3,7,9-10H,1-2,4-6,8,17H2,(H,18,19,20). The lowest BCUT2D eigenvalue weighted by atomic mass is 10.0. The van der Waals surface area contributed by atoms with E-state index in [0.717, 1.165) is 19.4 Å². The molecule has 0 saturated heterocycles. The molecule has 0 aromatic carbocycles. The molecule has 0 unspecified atom stereocenters. The summed E-state index contributed by atoms with van der Waals surface area (Å²) in [6, 6.07) is 1.83. The van der Waals surface area contributed by atoms with Gasteiger partial charge in [-0.25, -0.2) is 19.6 Å². The minimum atomic E-state index is 0.500. The summed E-state index contributed by atoms with van der Waals surface area (Å²) in [4.78, 5) is 14.7. The maximum atomic E-state index is 6.17. The van der Waals surface area contributed by atoms with Crippen molar-refractivity contribution in [3.8, 4) is 5.82 Å². The van der Waals surface area contributed by atoms with Crippen molar-refractivity contribution in [1.82, 2.24) is 24.7 Å². The summed E-state index contributed by atoms with van der Waals surface area (Å²) in [5, 5.41) is 8.65. The molecule has 0 radical (unpaired) electrons. The Morgan fingerprint density at radius 2 is 2.17 bits per heavy atom. The Hall–Kier alpha value is -2.48. The molecule has 7 nitrogen and oxygen atoms in total. The number of nitrogens with one attached hydrogen (secondary N) is 1. The predicted molar refractivity (Wildman–Crippen MR) is 94.5 cm³/mol. The molecule has 0 atom stereocenters. The smallest absolute Gasteiger partial charge is 0.181 e. The SMILES string of the molecule is Nc1c(NCCc2nc3c(s2)CCCC3)ncnc1-n1cccn1. The van der Waals surface area contributed by atoms with Gasteiger partial charge in [0.2, 0.25) is 0 Å². The highest BCUT2D eigenvalue weighted by Crippen LogP contribution is 2.27. The van der Waals surface area contributed by atoms with Crippen LogP contribution in [0.3, 0.4) is 0 Å². The monoisotopic (exact) mass is 341 g/mol. The van der Waals surface area contributed by atoms with E-state index in [1.807, 2.05) is 23.6 Å². The zero-order valence-electron chi connectivity index (χ0n) is 13.3. The molecule has 3 N–H and O–H groups in total. The molecular formula is C16H19N7S. The highest BCUT2D eigenvalue weighted by atomic mass is 32.1. The first-order valence-corrected chi connectivity index (χ1v) is 8.95. The summed E-state index contributed by atoms with van der Waals surface area (Å²) >= 11 is 1.85. The molecular weight excluding hydrogens is 322 g/mol. The third-order valence-electron chi connectivity index (χ3n) is 4.11. The summed E-state index contributed by atoms with van der Waals surface area (Å²) < 4.78 is 1.64. The Balaban J connectivity index is 1.43. The molecule has 0 spiro atoms. The maximum Gasteiger partial charge on any atom is 0.181 e. The molecule has 8 heteroatoms. The summed E-state index contributed by atoms with van der Waals surface area (Å²) in [7, 11) is 0. The van der Waals surface area contributed by atoms with Crippen LogP contribution in [0.5, 0.6) is 0 Å². The van der Waals surface area contributed by atoms with E-state index in [2.05, 4.69) is 20.4 Å². The first kappa shape index (κ1) is 15.1. The number of nitrogens with zero attached hydrogens (tertiary/aromatic N) is 5. The van der Waals surface area contributed by atoms with Gasteiger partial charge in [0.05, 0.1) is 10.7 Å². The number of fused-ring (bicyclic) bond motifs is 1. The number of thiazole rings is 1. The van der Waals surface area contributed by atoms with E-state index < -0.39 is 0 Å². The van der Waals surface area contributed by atoms with Crippen LogP contribution < -0.4 is 11.1 Å². The molecule has 3 aromatic heterocycles. The highest BCUT2D eigenvalue weighted by Gasteiger charge is 2.15. The van der Waals surface area contributed by atoms with E-state index in [1.165, 1.54) is 41.2 Å². The lowest BCUT2D eigenvalue weighted by Crippen LogP contribution is -2.12. The number of anilines is 2. The number of hydrogen-bond acceptors (Lipinski definition) is 7. The van der Waals surface area contributed by atoms with Crippen LogP contribution in [0.1, 0.15) is 28.4 Å². The van der Waals surface area contributed by atoms with Crippen LogP contribution in [0.25, 0.3) is 5.82 Å². The van der Waals surface area contributed by atoms with Gasteiger partial charge in [0.15, 0.2) is 11.6 Å². The number of hydrogen-bond donors (Lipinski definition) is 2. The van der Waals surface area contributed by atoms with Gasteiger partial charge in [-0.1, -0.05) is 0 Å². The van der Waals surface area contributed by atoms with Crippen LogP contribution >= 0.6 is 11.3 Å². The normalized spacial score (nSPS) is 13.7. The molecule has 0 fully saturated rings. The van der Waals surface area contributed by atoms with Gasteiger partial charge >= 0.3 is 0 Å². The molecule has 1 aliphatic carbocycles. The van der Waals surface area contributed by atoms with Crippen molar-refractivity contribution in [3.63, 3.8) is 0 Å². The van der Waals surface area contributed by atoms with Crippen LogP contribution in [0.15, 0.2) is 24.8 Å². The largest absolute Gasteiger partial charge is 0.393 e. The van der Waals surface area contributed by atoms with Gasteiger partial charge in [-0.2, -0.15) is 5.10 Å². The molecule has 0 bridgehead atoms. The summed E-state index contributed by atoms with van der Waals surface area (Å²) in [5.41, 5.74) is 7.98. The van der Waals surface area contributed by atoms with E-state index in [0.29, 0.717) is 17.3 Å². The average Bonchev–Trinajstić information content (AvgIpc) is 3.25. The van der Waals surface area contributed by atoms with Crippen molar-refractivity contribution in [2.45, 2.75) is 32.1 Å². The molecule has 1 aliphatic rings. The second-order valence-electron chi connectivity index (χ2n) is 5.77. The quantitative estimate of drug-likeness (QED) is 0.739. The van der Waals surface area contributed by atoms with E-state index in [9.17, 15) is 0 Å². The van der Waals surface area contributed by atoms with Gasteiger partial charge in [0.1, 0.15) is 12.0 Å². The first-order chi connectivity index (χ1) is 11.8. The fraction of sp³-hybridized carbons (Fsp3) is 0.375.